The molecule has 1 aliphatic rings. The molecule has 0 radical (unpaired) electrons. The second kappa shape index (κ2) is 10.4. The molecule has 9 nitrogen and oxygen atoms in total. The van der Waals surface area contributed by atoms with E-state index in [9.17, 15) is 22.8 Å². The molecular weight excluding hydrogens is 529 g/mol. The summed E-state index contributed by atoms with van der Waals surface area (Å²) in [5.74, 6) is -0.910. The number of carbonyl (C=O) groups excluding carboxylic acids is 2. The van der Waals surface area contributed by atoms with Gasteiger partial charge in [-0.2, -0.15) is 13.2 Å². The number of ether oxygens (including phenoxy) is 2. The van der Waals surface area contributed by atoms with Crippen LogP contribution in [0.15, 0.2) is 28.7 Å². The maximum Gasteiger partial charge on any atom is 0.433 e. The van der Waals surface area contributed by atoms with Crippen LogP contribution in [0, 0.1) is 0 Å². The molecule has 204 valence electrons. The van der Waals surface area contributed by atoms with Crippen molar-refractivity contribution >= 4 is 34.4 Å². The van der Waals surface area contributed by atoms with E-state index < -0.39 is 34.7 Å². The number of pyridine rings is 1. The molecule has 1 saturated heterocycles. The number of hydrogen-bond acceptors (Lipinski definition) is 8. The first kappa shape index (κ1) is 27.6. The number of benzene rings is 1. The number of carbonyl (C=O) groups is 2. The molecule has 3 heterocycles. The van der Waals surface area contributed by atoms with Crippen LogP contribution in [0.4, 0.5) is 13.2 Å². The van der Waals surface area contributed by atoms with E-state index in [1.54, 1.807) is 19.9 Å². The van der Waals surface area contributed by atoms with Gasteiger partial charge in [-0.15, -0.1) is 11.6 Å². The highest BCUT2D eigenvalue weighted by Gasteiger charge is 2.47. The van der Waals surface area contributed by atoms with Crippen LogP contribution in [-0.4, -0.2) is 64.5 Å². The van der Waals surface area contributed by atoms with E-state index in [0.717, 1.165) is 6.07 Å². The van der Waals surface area contributed by atoms with Crippen molar-refractivity contribution in [1.29, 1.82) is 0 Å². The summed E-state index contributed by atoms with van der Waals surface area (Å²) in [6, 6.07) is 4.16. The number of esters is 1. The highest BCUT2D eigenvalue weighted by Crippen LogP contribution is 2.38. The molecule has 4 rings (SSSR count). The topological polar surface area (TPSA) is 121 Å². The SMILES string of the molecule is CCOC(=O)[C@@H]1CC(C)(Cl)CN1C(=O)c1nc(-c2ccc(OC)c3nc(C(F)(F)F)ccc23)oc1CCN. The van der Waals surface area contributed by atoms with E-state index in [2.05, 4.69) is 9.97 Å². The van der Waals surface area contributed by atoms with Gasteiger partial charge in [-0.25, -0.2) is 14.8 Å². The molecule has 13 heteroatoms. The van der Waals surface area contributed by atoms with Gasteiger partial charge < -0.3 is 24.5 Å². The average molecular weight is 555 g/mol. The van der Waals surface area contributed by atoms with Crippen LogP contribution in [0.2, 0.25) is 0 Å². The largest absolute Gasteiger partial charge is 0.494 e. The molecule has 0 saturated carbocycles. The lowest BCUT2D eigenvalue weighted by molar-refractivity contribution is -0.147. The second-order valence-electron chi connectivity index (χ2n) is 9.05. The first-order chi connectivity index (χ1) is 17.9. The number of halogens is 4. The van der Waals surface area contributed by atoms with Crippen LogP contribution in [0.1, 0.15) is 42.2 Å². The Morgan fingerprint density at radius 3 is 2.63 bits per heavy atom. The summed E-state index contributed by atoms with van der Waals surface area (Å²) in [6.45, 7) is 3.71. The van der Waals surface area contributed by atoms with Crippen molar-refractivity contribution in [2.75, 3.05) is 26.8 Å². The second-order valence-corrected chi connectivity index (χ2v) is 9.97. The third-order valence-electron chi connectivity index (χ3n) is 6.15. The molecule has 1 amide bonds. The summed E-state index contributed by atoms with van der Waals surface area (Å²) < 4.78 is 56.2. The number of aromatic nitrogens is 2. The third kappa shape index (κ3) is 5.28. The first-order valence-corrected chi connectivity index (χ1v) is 12.2. The van der Waals surface area contributed by atoms with Crippen molar-refractivity contribution in [3.63, 3.8) is 0 Å². The molecule has 0 bridgehead atoms. The Morgan fingerprint density at radius 2 is 2.00 bits per heavy atom. The van der Waals surface area contributed by atoms with Crippen molar-refractivity contribution in [2.24, 2.45) is 5.73 Å². The minimum Gasteiger partial charge on any atom is -0.494 e. The lowest BCUT2D eigenvalue weighted by Gasteiger charge is -2.22. The zero-order valence-electron chi connectivity index (χ0n) is 20.9. The summed E-state index contributed by atoms with van der Waals surface area (Å²) in [7, 11) is 1.32. The lowest BCUT2D eigenvalue weighted by Crippen LogP contribution is -2.42. The van der Waals surface area contributed by atoms with E-state index in [-0.39, 0.29) is 66.5 Å². The predicted octanol–water partition coefficient (Wildman–Crippen LogP) is 4.19. The number of hydrogen-bond donors (Lipinski definition) is 1. The van der Waals surface area contributed by atoms with E-state index in [4.69, 9.17) is 31.2 Å². The Bertz CT molecular complexity index is 1380. The number of fused-ring (bicyclic) bond motifs is 1. The number of nitrogens with two attached hydrogens (primary N) is 1. The number of oxazole rings is 1. The van der Waals surface area contributed by atoms with Crippen LogP contribution in [0.3, 0.4) is 0 Å². The Labute approximate surface area is 221 Å². The molecule has 3 aromatic rings. The predicted molar refractivity (Wildman–Crippen MR) is 132 cm³/mol. The number of alkyl halides is 4. The fourth-order valence-electron chi connectivity index (χ4n) is 4.48. The molecule has 2 atom stereocenters. The molecule has 0 spiro atoms. The van der Waals surface area contributed by atoms with Gasteiger partial charge >= 0.3 is 12.1 Å². The molecule has 38 heavy (non-hydrogen) atoms. The van der Waals surface area contributed by atoms with Gasteiger partial charge in [0.1, 0.15) is 28.8 Å². The van der Waals surface area contributed by atoms with Crippen molar-refractivity contribution in [3.8, 4) is 17.2 Å². The maximum atomic E-state index is 13.7. The molecule has 0 aliphatic carbocycles. The minimum absolute atomic E-state index is 0.0217. The Hall–Kier alpha value is -3.38. The Kier molecular flexibility index (Phi) is 7.57. The first-order valence-electron chi connectivity index (χ1n) is 11.8. The van der Waals surface area contributed by atoms with Gasteiger partial charge in [0.15, 0.2) is 5.69 Å². The molecule has 1 unspecified atom stereocenters. The summed E-state index contributed by atoms with van der Waals surface area (Å²) in [5.41, 5.74) is 4.82. The summed E-state index contributed by atoms with van der Waals surface area (Å²) in [4.78, 5) is 34.8. The van der Waals surface area contributed by atoms with Gasteiger partial charge in [-0.3, -0.25) is 4.79 Å². The molecule has 1 fully saturated rings. The molecular formula is C25H26ClF3N4O5. The number of likely N-dealkylation sites (tertiary alicyclic amines) is 1. The zero-order chi connectivity index (χ0) is 27.8. The lowest BCUT2D eigenvalue weighted by atomic mass is 10.1. The fourth-order valence-corrected chi connectivity index (χ4v) is 4.75. The van der Waals surface area contributed by atoms with E-state index in [0.29, 0.717) is 5.56 Å². The Balaban J connectivity index is 1.81. The van der Waals surface area contributed by atoms with Crippen molar-refractivity contribution in [2.45, 2.75) is 43.8 Å². The Morgan fingerprint density at radius 1 is 1.26 bits per heavy atom. The van der Waals surface area contributed by atoms with Gasteiger partial charge in [0.2, 0.25) is 5.89 Å². The zero-order valence-corrected chi connectivity index (χ0v) is 21.7. The monoisotopic (exact) mass is 554 g/mol. The van der Waals surface area contributed by atoms with Gasteiger partial charge in [0, 0.05) is 23.9 Å². The van der Waals surface area contributed by atoms with E-state index in [1.165, 1.54) is 24.1 Å². The van der Waals surface area contributed by atoms with E-state index >= 15 is 0 Å². The fraction of sp³-hybridized carbons (Fsp3) is 0.440. The van der Waals surface area contributed by atoms with Crippen molar-refractivity contribution in [1.82, 2.24) is 14.9 Å². The van der Waals surface area contributed by atoms with Crippen LogP contribution < -0.4 is 10.5 Å². The van der Waals surface area contributed by atoms with Crippen LogP contribution in [-0.2, 0) is 22.1 Å². The highest BCUT2D eigenvalue weighted by molar-refractivity contribution is 6.24. The quantitative estimate of drug-likeness (QED) is 0.341. The van der Waals surface area contributed by atoms with Gasteiger partial charge in [-0.05, 0) is 51.1 Å². The van der Waals surface area contributed by atoms with Crippen molar-refractivity contribution in [3.05, 3.63) is 41.4 Å². The van der Waals surface area contributed by atoms with Crippen LogP contribution >= 0.6 is 11.6 Å². The standard InChI is InChI=1S/C25H26ClF3N4O5/c1-4-37-23(35)15-11-24(2,26)12-33(15)22(34)20-17(9-10-30)38-21(32-20)14-5-7-16(36-3)19-13(14)6-8-18(31-19)25(27,28)29/h5-8,15H,4,9-12,30H2,1-3H3/t15-,24?/m0/s1. The molecule has 2 aromatic heterocycles. The molecule has 2 N–H and O–H groups in total. The van der Waals surface area contributed by atoms with Crippen LogP contribution in [0.25, 0.3) is 22.4 Å². The third-order valence-corrected chi connectivity index (χ3v) is 6.42. The number of nitrogens with zero attached hydrogens (tertiary/aromatic N) is 3. The number of amides is 1. The minimum atomic E-state index is -4.66. The maximum absolute atomic E-state index is 13.7. The van der Waals surface area contributed by atoms with Gasteiger partial charge in [0.05, 0.1) is 18.6 Å². The average Bonchev–Trinajstić information content (AvgIpc) is 3.42. The highest BCUT2D eigenvalue weighted by atomic mass is 35.5. The van der Waals surface area contributed by atoms with Gasteiger partial charge in [-0.1, -0.05) is 0 Å². The summed E-state index contributed by atoms with van der Waals surface area (Å²) in [5, 5.41) is 0.274. The normalized spacial score (nSPS) is 19.7. The number of rotatable bonds is 7. The summed E-state index contributed by atoms with van der Waals surface area (Å²) >= 11 is 6.51. The molecule has 1 aromatic carbocycles. The van der Waals surface area contributed by atoms with Crippen LogP contribution in [0.5, 0.6) is 5.75 Å². The number of methoxy groups -OCH3 is 1. The summed E-state index contributed by atoms with van der Waals surface area (Å²) in [6.07, 6.45) is -4.32. The van der Waals surface area contributed by atoms with Gasteiger partial charge in [0.25, 0.3) is 5.91 Å². The van der Waals surface area contributed by atoms with E-state index in [1.807, 2.05) is 0 Å². The van der Waals surface area contributed by atoms with Crippen molar-refractivity contribution < 1.29 is 36.7 Å². The smallest absolute Gasteiger partial charge is 0.433 e. The molecule has 1 aliphatic heterocycles.